The van der Waals surface area contributed by atoms with Gasteiger partial charge in [0.15, 0.2) is 0 Å². The van der Waals surface area contributed by atoms with E-state index in [0.29, 0.717) is 39.3 Å². The van der Waals surface area contributed by atoms with Crippen LogP contribution in [-0.4, -0.2) is 74.8 Å². The maximum Gasteiger partial charge on any atom is 0.417 e. The monoisotopic (exact) mass is 437 g/mol. The lowest BCUT2D eigenvalue weighted by Gasteiger charge is -2.35. The molecule has 0 bridgehead atoms. The summed E-state index contributed by atoms with van der Waals surface area (Å²) >= 11 is 5.97. The average Bonchev–Trinajstić information content (AvgIpc) is 2.67. The minimum atomic E-state index is -4.51. The minimum Gasteiger partial charge on any atom is -0.383 e. The van der Waals surface area contributed by atoms with E-state index in [4.69, 9.17) is 16.3 Å². The Labute approximate surface area is 171 Å². The van der Waals surface area contributed by atoms with Crippen LogP contribution in [0.3, 0.4) is 0 Å². The van der Waals surface area contributed by atoms with Crippen molar-refractivity contribution in [2.75, 3.05) is 57.9 Å². The first kappa shape index (κ1) is 23.0. The molecule has 1 fully saturated rings. The lowest BCUT2D eigenvalue weighted by Crippen LogP contribution is -2.52. The number of piperazine rings is 1. The Hall–Kier alpha value is -2.27. The van der Waals surface area contributed by atoms with Gasteiger partial charge < -0.3 is 25.2 Å². The molecule has 1 aliphatic heterocycles. The number of aromatic nitrogens is 1. The number of rotatable bonds is 7. The van der Waals surface area contributed by atoms with Gasteiger partial charge in [0.05, 0.1) is 17.2 Å². The quantitative estimate of drug-likeness (QED) is 0.634. The van der Waals surface area contributed by atoms with Gasteiger partial charge in [-0.05, 0) is 6.07 Å². The van der Waals surface area contributed by atoms with Gasteiger partial charge in [-0.15, -0.1) is 0 Å². The van der Waals surface area contributed by atoms with Crippen molar-refractivity contribution in [3.05, 3.63) is 22.8 Å². The number of hydrogen-bond acceptors (Lipinski definition) is 5. The van der Waals surface area contributed by atoms with Gasteiger partial charge in [0.1, 0.15) is 5.82 Å². The summed E-state index contributed by atoms with van der Waals surface area (Å²) < 4.78 is 43.0. The fraction of sp³-hybridized carbons (Fsp3) is 0.588. The summed E-state index contributed by atoms with van der Waals surface area (Å²) in [5.74, 6) is 0.0719. The number of pyridine rings is 1. The molecule has 0 aromatic carbocycles. The molecule has 29 heavy (non-hydrogen) atoms. The average molecular weight is 438 g/mol. The number of carbonyl (C=O) groups is 2. The molecule has 1 aromatic rings. The highest BCUT2D eigenvalue weighted by molar-refractivity contribution is 6.33. The van der Waals surface area contributed by atoms with Gasteiger partial charge in [-0.1, -0.05) is 11.6 Å². The Bertz CT molecular complexity index is 712. The van der Waals surface area contributed by atoms with Crippen LogP contribution < -0.4 is 15.5 Å². The summed E-state index contributed by atoms with van der Waals surface area (Å²) in [5, 5.41) is 5.24. The minimum absolute atomic E-state index is 0.0859. The summed E-state index contributed by atoms with van der Waals surface area (Å²) in [4.78, 5) is 30.9. The van der Waals surface area contributed by atoms with Crippen LogP contribution in [0.2, 0.25) is 5.02 Å². The third-order valence-corrected chi connectivity index (χ3v) is 4.55. The summed E-state index contributed by atoms with van der Waals surface area (Å²) in [6, 6.07) is 0.543. The summed E-state index contributed by atoms with van der Waals surface area (Å²) in [6.07, 6.45) is -3.61. The molecule has 8 nitrogen and oxygen atoms in total. The van der Waals surface area contributed by atoms with Crippen LogP contribution in [0.25, 0.3) is 0 Å². The van der Waals surface area contributed by atoms with Gasteiger partial charge in [-0.3, -0.25) is 4.79 Å². The number of carbonyl (C=O) groups excluding carboxylic acids is 2. The van der Waals surface area contributed by atoms with Gasteiger partial charge in [-0.25, -0.2) is 9.78 Å². The van der Waals surface area contributed by atoms with Crippen molar-refractivity contribution in [2.24, 2.45) is 0 Å². The molecule has 12 heteroatoms. The van der Waals surface area contributed by atoms with Gasteiger partial charge in [0, 0.05) is 59.0 Å². The van der Waals surface area contributed by atoms with E-state index in [1.165, 1.54) is 7.11 Å². The first-order valence-electron chi connectivity index (χ1n) is 8.98. The molecule has 2 heterocycles. The maximum absolute atomic E-state index is 12.7. The smallest absolute Gasteiger partial charge is 0.383 e. The number of anilines is 1. The van der Waals surface area contributed by atoms with Crippen molar-refractivity contribution in [3.63, 3.8) is 0 Å². The van der Waals surface area contributed by atoms with Crippen LogP contribution in [-0.2, 0) is 15.7 Å². The molecule has 0 aliphatic carbocycles. The molecule has 0 atom stereocenters. The van der Waals surface area contributed by atoms with Crippen LogP contribution in [0.1, 0.15) is 12.0 Å². The molecule has 2 N–H and O–H groups in total. The van der Waals surface area contributed by atoms with Crippen molar-refractivity contribution in [3.8, 4) is 0 Å². The van der Waals surface area contributed by atoms with E-state index >= 15 is 0 Å². The molecule has 0 unspecified atom stereocenters. The Morgan fingerprint density at radius 2 is 1.90 bits per heavy atom. The number of halogens is 4. The largest absolute Gasteiger partial charge is 0.417 e. The zero-order valence-corrected chi connectivity index (χ0v) is 16.6. The molecule has 1 saturated heterocycles. The second-order valence-electron chi connectivity index (χ2n) is 6.33. The predicted molar refractivity (Wildman–Crippen MR) is 101 cm³/mol. The van der Waals surface area contributed by atoms with Crippen LogP contribution >= 0.6 is 11.6 Å². The van der Waals surface area contributed by atoms with Gasteiger partial charge >= 0.3 is 12.2 Å². The third kappa shape index (κ3) is 6.93. The van der Waals surface area contributed by atoms with E-state index in [1.54, 1.807) is 9.80 Å². The van der Waals surface area contributed by atoms with Crippen LogP contribution in [0.15, 0.2) is 12.3 Å². The topological polar surface area (TPSA) is 86.8 Å². The van der Waals surface area contributed by atoms with E-state index in [1.807, 2.05) is 0 Å². The number of methoxy groups -OCH3 is 1. The standard InChI is InChI=1S/C17H23ClF3N5O3/c1-29-9-4-22-14(27)2-3-23-16(28)26-7-5-25(6-8-26)15-13(18)10-12(11-24-15)17(19,20)21/h10-11H,2-9H2,1H3,(H,22,27)(H,23,28). The molecule has 2 rings (SSSR count). The first-order chi connectivity index (χ1) is 13.7. The molecular formula is C17H23ClF3N5O3. The number of nitrogens with zero attached hydrogens (tertiary/aromatic N) is 3. The highest BCUT2D eigenvalue weighted by atomic mass is 35.5. The third-order valence-electron chi connectivity index (χ3n) is 4.27. The first-order valence-corrected chi connectivity index (χ1v) is 9.36. The van der Waals surface area contributed by atoms with E-state index in [9.17, 15) is 22.8 Å². The fourth-order valence-corrected chi connectivity index (χ4v) is 3.00. The van der Waals surface area contributed by atoms with Gasteiger partial charge in [-0.2, -0.15) is 13.2 Å². The molecule has 3 amide bonds. The van der Waals surface area contributed by atoms with E-state index in [2.05, 4.69) is 15.6 Å². The lowest BCUT2D eigenvalue weighted by atomic mass is 10.2. The number of amides is 3. The molecule has 0 spiro atoms. The summed E-state index contributed by atoms with van der Waals surface area (Å²) in [6.45, 7) is 2.48. The van der Waals surface area contributed by atoms with Crippen molar-refractivity contribution < 1.29 is 27.5 Å². The fourth-order valence-electron chi connectivity index (χ4n) is 2.72. The van der Waals surface area contributed by atoms with Crippen LogP contribution in [0.4, 0.5) is 23.8 Å². The maximum atomic E-state index is 12.7. The number of nitrogens with one attached hydrogen (secondary N) is 2. The Balaban J connectivity index is 1.77. The lowest BCUT2D eigenvalue weighted by molar-refractivity contribution is -0.137. The highest BCUT2D eigenvalue weighted by Gasteiger charge is 2.32. The Kier molecular flexibility index (Phi) is 8.32. The van der Waals surface area contributed by atoms with Gasteiger partial charge in [0.2, 0.25) is 5.91 Å². The number of hydrogen-bond donors (Lipinski definition) is 2. The van der Waals surface area contributed by atoms with E-state index in [-0.39, 0.29) is 35.7 Å². The molecule has 0 radical (unpaired) electrons. The molecular weight excluding hydrogens is 415 g/mol. The Morgan fingerprint density at radius 3 is 2.48 bits per heavy atom. The molecule has 1 aliphatic rings. The van der Waals surface area contributed by atoms with E-state index in [0.717, 1.165) is 12.3 Å². The number of alkyl halides is 3. The summed E-state index contributed by atoms with van der Waals surface area (Å²) in [7, 11) is 1.54. The van der Waals surface area contributed by atoms with Crippen molar-refractivity contribution >= 4 is 29.4 Å². The predicted octanol–water partition coefficient (Wildman–Crippen LogP) is 1.74. The second-order valence-corrected chi connectivity index (χ2v) is 6.73. The molecule has 162 valence electrons. The van der Waals surface area contributed by atoms with E-state index < -0.39 is 11.7 Å². The summed E-state index contributed by atoms with van der Waals surface area (Å²) in [5.41, 5.74) is -0.907. The van der Waals surface area contributed by atoms with Gasteiger partial charge in [0.25, 0.3) is 0 Å². The Morgan fingerprint density at radius 1 is 1.21 bits per heavy atom. The zero-order chi connectivity index (χ0) is 21.4. The number of urea groups is 1. The van der Waals surface area contributed by atoms with Crippen LogP contribution in [0.5, 0.6) is 0 Å². The number of ether oxygens (including phenoxy) is 1. The second kappa shape index (κ2) is 10.5. The zero-order valence-electron chi connectivity index (χ0n) is 15.9. The normalized spacial score (nSPS) is 14.7. The molecule has 0 saturated carbocycles. The molecule has 1 aromatic heterocycles. The van der Waals surface area contributed by atoms with Crippen LogP contribution in [0, 0.1) is 0 Å². The SMILES string of the molecule is COCCNC(=O)CCNC(=O)N1CCN(c2ncc(C(F)(F)F)cc2Cl)CC1. The highest BCUT2D eigenvalue weighted by Crippen LogP contribution is 2.33. The van der Waals surface area contributed by atoms with Crippen molar-refractivity contribution in [1.82, 2.24) is 20.5 Å². The van der Waals surface area contributed by atoms with Crippen molar-refractivity contribution in [2.45, 2.75) is 12.6 Å². The van der Waals surface area contributed by atoms with Crippen molar-refractivity contribution in [1.29, 1.82) is 0 Å².